The lowest BCUT2D eigenvalue weighted by atomic mass is 9.94. The molecule has 0 bridgehead atoms. The van der Waals surface area contributed by atoms with Gasteiger partial charge >= 0.3 is 0 Å². The Balaban J connectivity index is 1.83. The number of hydrogen-bond donors (Lipinski definition) is 2. The number of ether oxygens (including phenoxy) is 1. The van der Waals surface area contributed by atoms with Crippen LogP contribution in [0.1, 0.15) is 18.4 Å². The minimum absolute atomic E-state index is 0.0109. The van der Waals surface area contributed by atoms with Crippen LogP contribution < -0.4 is 15.8 Å². The van der Waals surface area contributed by atoms with E-state index in [9.17, 15) is 4.79 Å². The van der Waals surface area contributed by atoms with Crippen LogP contribution in [0.3, 0.4) is 0 Å². The molecule has 21 heavy (non-hydrogen) atoms. The molecule has 108 valence electrons. The van der Waals surface area contributed by atoms with Crippen LogP contribution in [0, 0.1) is 0 Å². The van der Waals surface area contributed by atoms with E-state index in [1.165, 1.54) is 0 Å². The highest BCUT2D eigenvalue weighted by atomic mass is 16.5. The van der Waals surface area contributed by atoms with E-state index in [4.69, 9.17) is 10.5 Å². The SMILES string of the molecule is COc1ccccc1NC(=O)C1(c2ccc(N)cc2)CC1. The van der Waals surface area contributed by atoms with Gasteiger partial charge in [0.05, 0.1) is 18.2 Å². The van der Waals surface area contributed by atoms with Gasteiger partial charge in [-0.05, 0) is 42.7 Å². The zero-order chi connectivity index (χ0) is 14.9. The molecule has 0 atom stereocenters. The van der Waals surface area contributed by atoms with Crippen molar-refractivity contribution < 1.29 is 9.53 Å². The van der Waals surface area contributed by atoms with Gasteiger partial charge in [-0.2, -0.15) is 0 Å². The Morgan fingerprint density at radius 2 is 1.81 bits per heavy atom. The van der Waals surface area contributed by atoms with E-state index in [-0.39, 0.29) is 5.91 Å². The van der Waals surface area contributed by atoms with E-state index in [2.05, 4.69) is 5.32 Å². The fourth-order valence-corrected chi connectivity index (χ4v) is 2.56. The van der Waals surface area contributed by atoms with Crippen LogP contribution in [-0.2, 0) is 10.2 Å². The maximum Gasteiger partial charge on any atom is 0.235 e. The lowest BCUT2D eigenvalue weighted by molar-refractivity contribution is -0.118. The third-order valence-corrected chi connectivity index (χ3v) is 4.00. The number of carbonyl (C=O) groups is 1. The fourth-order valence-electron chi connectivity index (χ4n) is 2.56. The molecule has 1 saturated carbocycles. The number of methoxy groups -OCH3 is 1. The Kier molecular flexibility index (Phi) is 3.29. The van der Waals surface area contributed by atoms with Crippen LogP contribution in [0.15, 0.2) is 48.5 Å². The van der Waals surface area contributed by atoms with Crippen LogP contribution in [0.5, 0.6) is 5.75 Å². The minimum Gasteiger partial charge on any atom is -0.495 e. The number of nitrogens with two attached hydrogens (primary N) is 1. The molecule has 1 aliphatic carbocycles. The zero-order valence-corrected chi connectivity index (χ0v) is 11.9. The molecule has 1 fully saturated rings. The van der Waals surface area contributed by atoms with Crippen molar-refractivity contribution in [3.63, 3.8) is 0 Å². The molecule has 2 aromatic carbocycles. The van der Waals surface area contributed by atoms with Crippen molar-refractivity contribution in [2.75, 3.05) is 18.2 Å². The minimum atomic E-state index is -0.422. The molecule has 3 rings (SSSR count). The summed E-state index contributed by atoms with van der Waals surface area (Å²) in [5.74, 6) is 0.677. The average Bonchev–Trinajstić information content (AvgIpc) is 3.30. The Hall–Kier alpha value is -2.49. The summed E-state index contributed by atoms with van der Waals surface area (Å²) in [5.41, 5.74) is 7.72. The molecule has 3 N–H and O–H groups in total. The van der Waals surface area contributed by atoms with E-state index >= 15 is 0 Å². The van der Waals surface area contributed by atoms with E-state index in [0.29, 0.717) is 17.1 Å². The molecular weight excluding hydrogens is 264 g/mol. The number of nitrogens with one attached hydrogen (secondary N) is 1. The Morgan fingerprint density at radius 3 is 2.43 bits per heavy atom. The number of para-hydroxylation sites is 2. The van der Waals surface area contributed by atoms with Crippen molar-refractivity contribution >= 4 is 17.3 Å². The summed E-state index contributed by atoms with van der Waals surface area (Å²) in [6.45, 7) is 0. The maximum absolute atomic E-state index is 12.7. The fraction of sp³-hybridized carbons (Fsp3) is 0.235. The highest BCUT2D eigenvalue weighted by Crippen LogP contribution is 2.49. The van der Waals surface area contributed by atoms with Gasteiger partial charge in [-0.1, -0.05) is 24.3 Å². The molecule has 0 aromatic heterocycles. The van der Waals surface area contributed by atoms with Crippen LogP contribution in [0.4, 0.5) is 11.4 Å². The molecule has 0 spiro atoms. The van der Waals surface area contributed by atoms with Crippen molar-refractivity contribution in [3.05, 3.63) is 54.1 Å². The molecule has 1 amide bonds. The van der Waals surface area contributed by atoms with Gasteiger partial charge in [-0.15, -0.1) is 0 Å². The number of hydrogen-bond acceptors (Lipinski definition) is 3. The van der Waals surface area contributed by atoms with Gasteiger partial charge < -0.3 is 15.8 Å². The lowest BCUT2D eigenvalue weighted by Crippen LogP contribution is -2.28. The summed E-state index contributed by atoms with van der Waals surface area (Å²) in [6.07, 6.45) is 1.72. The van der Waals surface area contributed by atoms with Gasteiger partial charge in [0.1, 0.15) is 5.75 Å². The first kappa shape index (κ1) is 13.5. The van der Waals surface area contributed by atoms with E-state index < -0.39 is 5.41 Å². The predicted octanol–water partition coefficient (Wildman–Crippen LogP) is 2.95. The zero-order valence-electron chi connectivity index (χ0n) is 11.9. The predicted molar refractivity (Wildman–Crippen MR) is 83.4 cm³/mol. The Morgan fingerprint density at radius 1 is 1.14 bits per heavy atom. The largest absolute Gasteiger partial charge is 0.495 e. The quantitative estimate of drug-likeness (QED) is 0.847. The molecule has 4 nitrogen and oxygen atoms in total. The average molecular weight is 282 g/mol. The summed E-state index contributed by atoms with van der Waals surface area (Å²) in [6, 6.07) is 15.0. The molecule has 0 heterocycles. The van der Waals surface area contributed by atoms with Gasteiger partial charge in [0.15, 0.2) is 0 Å². The van der Waals surface area contributed by atoms with Gasteiger partial charge in [0.25, 0.3) is 0 Å². The summed E-state index contributed by atoms with van der Waals surface area (Å²) >= 11 is 0. The summed E-state index contributed by atoms with van der Waals surface area (Å²) in [4.78, 5) is 12.7. The number of nitrogen functional groups attached to an aromatic ring is 1. The first-order valence-electron chi connectivity index (χ1n) is 6.96. The second-order valence-electron chi connectivity index (χ2n) is 5.36. The molecule has 0 radical (unpaired) electrons. The van der Waals surface area contributed by atoms with Crippen molar-refractivity contribution in [3.8, 4) is 5.75 Å². The topological polar surface area (TPSA) is 64.3 Å². The molecular formula is C17H18N2O2. The van der Waals surface area contributed by atoms with Gasteiger partial charge in [-0.25, -0.2) is 0 Å². The van der Waals surface area contributed by atoms with Crippen LogP contribution in [0.2, 0.25) is 0 Å². The maximum atomic E-state index is 12.7. The Labute approximate surface area is 123 Å². The number of amides is 1. The van der Waals surface area contributed by atoms with Crippen LogP contribution in [0.25, 0.3) is 0 Å². The van der Waals surface area contributed by atoms with Crippen molar-refractivity contribution in [1.29, 1.82) is 0 Å². The molecule has 0 saturated heterocycles. The van der Waals surface area contributed by atoms with Gasteiger partial charge in [-0.3, -0.25) is 4.79 Å². The van der Waals surface area contributed by atoms with Gasteiger partial charge in [0.2, 0.25) is 5.91 Å². The number of carbonyl (C=O) groups excluding carboxylic acids is 1. The van der Waals surface area contributed by atoms with Crippen molar-refractivity contribution in [2.45, 2.75) is 18.3 Å². The molecule has 1 aliphatic rings. The normalized spacial score (nSPS) is 15.3. The summed E-state index contributed by atoms with van der Waals surface area (Å²) in [5, 5.41) is 2.98. The molecule has 0 unspecified atom stereocenters. The lowest BCUT2D eigenvalue weighted by Gasteiger charge is -2.17. The van der Waals surface area contributed by atoms with Crippen molar-refractivity contribution in [2.24, 2.45) is 0 Å². The third-order valence-electron chi connectivity index (χ3n) is 4.00. The summed E-state index contributed by atoms with van der Waals surface area (Å²) in [7, 11) is 1.60. The first-order valence-corrected chi connectivity index (χ1v) is 6.96. The summed E-state index contributed by atoms with van der Waals surface area (Å²) < 4.78 is 5.27. The van der Waals surface area contributed by atoms with E-state index in [1.807, 2.05) is 48.5 Å². The van der Waals surface area contributed by atoms with E-state index in [0.717, 1.165) is 18.4 Å². The highest BCUT2D eigenvalue weighted by Gasteiger charge is 2.51. The highest BCUT2D eigenvalue weighted by molar-refractivity contribution is 6.02. The first-order chi connectivity index (χ1) is 10.2. The third kappa shape index (κ3) is 2.44. The number of rotatable bonds is 4. The van der Waals surface area contributed by atoms with Crippen molar-refractivity contribution in [1.82, 2.24) is 0 Å². The van der Waals surface area contributed by atoms with Crippen LogP contribution >= 0.6 is 0 Å². The molecule has 4 heteroatoms. The smallest absolute Gasteiger partial charge is 0.235 e. The van der Waals surface area contributed by atoms with Crippen LogP contribution in [-0.4, -0.2) is 13.0 Å². The standard InChI is InChI=1S/C17H18N2O2/c1-21-15-5-3-2-4-14(15)19-16(20)17(10-11-17)12-6-8-13(18)9-7-12/h2-9H,10-11,18H2,1H3,(H,19,20). The number of anilines is 2. The second-order valence-corrected chi connectivity index (χ2v) is 5.36. The monoisotopic (exact) mass is 282 g/mol. The molecule has 0 aliphatic heterocycles. The molecule has 2 aromatic rings. The Bertz CT molecular complexity index is 661. The van der Waals surface area contributed by atoms with Gasteiger partial charge in [0, 0.05) is 5.69 Å². The second kappa shape index (κ2) is 5.13. The van der Waals surface area contributed by atoms with E-state index in [1.54, 1.807) is 7.11 Å². The number of benzene rings is 2.